The highest BCUT2D eigenvalue weighted by atomic mass is 16.5. The van der Waals surface area contributed by atoms with Crippen LogP contribution in [0.4, 0.5) is 0 Å². The van der Waals surface area contributed by atoms with Gasteiger partial charge in [-0.1, -0.05) is 13.8 Å². The van der Waals surface area contributed by atoms with Crippen LogP contribution in [0.1, 0.15) is 43.4 Å². The lowest BCUT2D eigenvalue weighted by atomic mass is 9.90. The number of ether oxygens (including phenoxy) is 1. The number of aryl methyl sites for hydroxylation is 2. The average Bonchev–Trinajstić information content (AvgIpc) is 2.57. The minimum absolute atomic E-state index is 0.201. The van der Waals surface area contributed by atoms with Crippen molar-refractivity contribution >= 4 is 11.0 Å². The number of hydrogen-bond acceptors (Lipinski definition) is 5. The molecule has 1 atom stereocenters. The first-order valence-corrected chi connectivity index (χ1v) is 9.09. The van der Waals surface area contributed by atoms with Crippen LogP contribution in [-0.4, -0.2) is 30.4 Å². The van der Waals surface area contributed by atoms with Gasteiger partial charge in [-0.3, -0.25) is 0 Å². The molecule has 5 heteroatoms. The summed E-state index contributed by atoms with van der Waals surface area (Å²) >= 11 is 0. The summed E-state index contributed by atoms with van der Waals surface area (Å²) in [5.74, 6) is 0.695. The van der Waals surface area contributed by atoms with Crippen LogP contribution < -0.4 is 15.7 Å². The van der Waals surface area contributed by atoms with Crippen LogP contribution in [0.3, 0.4) is 0 Å². The largest absolute Gasteiger partial charge is 0.490 e. The zero-order valence-corrected chi connectivity index (χ0v) is 15.2. The van der Waals surface area contributed by atoms with Gasteiger partial charge in [-0.15, -0.1) is 0 Å². The highest BCUT2D eigenvalue weighted by Crippen LogP contribution is 2.34. The second-order valence-corrected chi connectivity index (χ2v) is 7.22. The van der Waals surface area contributed by atoms with Gasteiger partial charge in [0.15, 0.2) is 0 Å². The molecule has 0 fully saturated rings. The maximum Gasteiger partial charge on any atom is 0.339 e. The number of rotatable bonds is 6. The maximum atomic E-state index is 12.3. The van der Waals surface area contributed by atoms with Gasteiger partial charge >= 0.3 is 5.63 Å². The first-order valence-electron chi connectivity index (χ1n) is 9.09. The third kappa shape index (κ3) is 4.05. The Bertz CT molecular complexity index is 809. The quantitative estimate of drug-likeness (QED) is 0.788. The number of benzene rings is 1. The van der Waals surface area contributed by atoms with E-state index in [0.29, 0.717) is 23.9 Å². The molecule has 2 N–H and O–H groups in total. The van der Waals surface area contributed by atoms with Gasteiger partial charge in [0.25, 0.3) is 0 Å². The normalized spacial score (nSPS) is 15.4. The second-order valence-electron chi connectivity index (χ2n) is 7.22. The fourth-order valence-corrected chi connectivity index (χ4v) is 3.40. The molecule has 0 aliphatic heterocycles. The van der Waals surface area contributed by atoms with Crippen molar-refractivity contribution in [1.29, 1.82) is 0 Å². The van der Waals surface area contributed by atoms with Crippen molar-refractivity contribution in [1.82, 2.24) is 5.32 Å². The van der Waals surface area contributed by atoms with Crippen LogP contribution in [0.5, 0.6) is 5.75 Å². The van der Waals surface area contributed by atoms with E-state index >= 15 is 0 Å². The fourth-order valence-electron chi connectivity index (χ4n) is 3.40. The first kappa shape index (κ1) is 18.0. The van der Waals surface area contributed by atoms with Crippen molar-refractivity contribution in [3.05, 3.63) is 39.2 Å². The van der Waals surface area contributed by atoms with Crippen molar-refractivity contribution in [2.75, 3.05) is 13.2 Å². The Morgan fingerprint density at radius 1 is 1.24 bits per heavy atom. The van der Waals surface area contributed by atoms with Crippen molar-refractivity contribution in [3.63, 3.8) is 0 Å². The molecule has 0 spiro atoms. The first-order chi connectivity index (χ1) is 12.0. The van der Waals surface area contributed by atoms with Crippen LogP contribution in [0.2, 0.25) is 0 Å². The van der Waals surface area contributed by atoms with Crippen LogP contribution in [0.15, 0.2) is 21.3 Å². The highest BCUT2D eigenvalue weighted by molar-refractivity contribution is 5.88. The molecule has 1 aliphatic rings. The number of aliphatic hydroxyl groups excluding tert-OH is 1. The second kappa shape index (κ2) is 7.58. The van der Waals surface area contributed by atoms with Gasteiger partial charge in [0.05, 0.1) is 5.39 Å². The Morgan fingerprint density at radius 3 is 2.68 bits per heavy atom. The third-order valence-electron chi connectivity index (χ3n) is 4.62. The Balaban J connectivity index is 1.93. The SMILES string of the molecule is Cc1cc(OCC(O)CNC(C)C)c2c3c(c(=O)oc2c1)CCCC3. The molecule has 0 radical (unpaired) electrons. The van der Waals surface area contributed by atoms with E-state index in [1.54, 1.807) is 0 Å². The van der Waals surface area contributed by atoms with E-state index in [9.17, 15) is 9.90 Å². The molecule has 1 unspecified atom stereocenters. The molecule has 25 heavy (non-hydrogen) atoms. The van der Waals surface area contributed by atoms with Gasteiger partial charge in [-0.2, -0.15) is 0 Å². The van der Waals surface area contributed by atoms with Gasteiger partial charge in [0, 0.05) is 18.2 Å². The number of hydrogen-bond donors (Lipinski definition) is 2. The zero-order chi connectivity index (χ0) is 18.0. The van der Waals surface area contributed by atoms with Crippen LogP contribution in [-0.2, 0) is 12.8 Å². The fraction of sp³-hybridized carbons (Fsp3) is 0.550. The predicted octanol–water partition coefficient (Wildman–Crippen LogP) is 2.72. The van der Waals surface area contributed by atoms with Gasteiger partial charge in [0.1, 0.15) is 24.0 Å². The zero-order valence-electron chi connectivity index (χ0n) is 15.2. The van der Waals surface area contributed by atoms with E-state index < -0.39 is 6.10 Å². The molecule has 1 aromatic carbocycles. The Kier molecular flexibility index (Phi) is 5.45. The summed E-state index contributed by atoms with van der Waals surface area (Å²) in [7, 11) is 0. The summed E-state index contributed by atoms with van der Waals surface area (Å²) in [6.45, 7) is 6.70. The lowest BCUT2D eigenvalue weighted by Gasteiger charge is -2.20. The summed E-state index contributed by atoms with van der Waals surface area (Å²) in [6, 6.07) is 4.16. The molecule has 2 aromatic rings. The molecule has 3 rings (SSSR count). The average molecular weight is 345 g/mol. The lowest BCUT2D eigenvalue weighted by molar-refractivity contribution is 0.105. The molecule has 5 nitrogen and oxygen atoms in total. The Hall–Kier alpha value is -1.85. The Morgan fingerprint density at radius 2 is 1.96 bits per heavy atom. The van der Waals surface area contributed by atoms with Crippen molar-refractivity contribution in [3.8, 4) is 5.75 Å². The predicted molar refractivity (Wildman–Crippen MR) is 98.5 cm³/mol. The minimum atomic E-state index is -0.593. The molecule has 0 bridgehead atoms. The summed E-state index contributed by atoms with van der Waals surface area (Å²) in [5.41, 5.74) is 3.17. The van der Waals surface area contributed by atoms with Crippen LogP contribution in [0.25, 0.3) is 11.0 Å². The van der Waals surface area contributed by atoms with E-state index in [2.05, 4.69) is 5.32 Å². The summed E-state index contributed by atoms with van der Waals surface area (Å²) < 4.78 is 11.5. The van der Waals surface area contributed by atoms with Gasteiger partial charge < -0.3 is 19.6 Å². The smallest absolute Gasteiger partial charge is 0.339 e. The molecule has 1 aromatic heterocycles. The van der Waals surface area contributed by atoms with Gasteiger partial charge in [-0.25, -0.2) is 4.79 Å². The summed E-state index contributed by atoms with van der Waals surface area (Å²) in [4.78, 5) is 12.3. The van der Waals surface area contributed by atoms with E-state index in [0.717, 1.165) is 47.8 Å². The van der Waals surface area contributed by atoms with Crippen LogP contribution >= 0.6 is 0 Å². The molecule has 1 aliphatic carbocycles. The van der Waals surface area contributed by atoms with E-state index in [1.165, 1.54) is 0 Å². The van der Waals surface area contributed by atoms with Crippen LogP contribution in [0, 0.1) is 6.92 Å². The molecule has 1 heterocycles. The summed E-state index contributed by atoms with van der Waals surface area (Å²) in [6.07, 6.45) is 3.13. The lowest BCUT2D eigenvalue weighted by Crippen LogP contribution is -2.35. The van der Waals surface area contributed by atoms with Crippen molar-refractivity contribution in [2.24, 2.45) is 0 Å². The summed E-state index contributed by atoms with van der Waals surface area (Å²) in [5, 5.41) is 14.2. The Labute approximate surface area is 148 Å². The van der Waals surface area contributed by atoms with Crippen molar-refractivity contribution in [2.45, 2.75) is 58.6 Å². The monoisotopic (exact) mass is 345 g/mol. The molecule has 0 saturated heterocycles. The molecular weight excluding hydrogens is 318 g/mol. The standard InChI is InChI=1S/C20H27NO4/c1-12(2)21-10-14(22)11-24-17-8-13(3)9-18-19(17)15-6-4-5-7-16(15)20(23)25-18/h8-9,12,14,21-22H,4-7,10-11H2,1-3H3. The molecule has 0 saturated carbocycles. The highest BCUT2D eigenvalue weighted by Gasteiger charge is 2.21. The van der Waals surface area contributed by atoms with E-state index in [1.807, 2.05) is 32.9 Å². The van der Waals surface area contributed by atoms with E-state index in [4.69, 9.17) is 9.15 Å². The van der Waals surface area contributed by atoms with Gasteiger partial charge in [-0.05, 0) is 55.9 Å². The maximum absolute atomic E-state index is 12.3. The topological polar surface area (TPSA) is 71.7 Å². The number of aliphatic hydroxyl groups is 1. The van der Waals surface area contributed by atoms with E-state index in [-0.39, 0.29) is 12.2 Å². The van der Waals surface area contributed by atoms with Gasteiger partial charge in [0.2, 0.25) is 0 Å². The van der Waals surface area contributed by atoms with Crippen molar-refractivity contribution < 1.29 is 14.3 Å². The molecule has 136 valence electrons. The molecule has 0 amide bonds. The number of fused-ring (bicyclic) bond motifs is 3. The molecular formula is C20H27NO4. The minimum Gasteiger partial charge on any atom is -0.490 e. The third-order valence-corrected chi connectivity index (χ3v) is 4.62. The number of nitrogens with one attached hydrogen (secondary N) is 1.